The van der Waals surface area contributed by atoms with Crippen LogP contribution in [0.2, 0.25) is 0 Å². The first-order valence-corrected chi connectivity index (χ1v) is 9.56. The Balaban J connectivity index is 1.80. The molecule has 150 valence electrons. The number of methoxy groups -OCH3 is 2. The standard InChI is InChI=1S/C23H23FN2O2S/c1-27-19-11-7-17(8-12-19)15-26(16-18-9-13-20(28-2)14-10-18)23(29)25-22-6-4-3-5-21(22)24/h3-14H,15-16H2,1-2H3,(H,25,29). The molecule has 0 radical (unpaired) electrons. The maximum atomic E-state index is 14.1. The lowest BCUT2D eigenvalue weighted by Crippen LogP contribution is -2.34. The van der Waals surface area contributed by atoms with Gasteiger partial charge in [-0.3, -0.25) is 0 Å². The Bertz CT molecular complexity index is 896. The number of anilines is 1. The van der Waals surface area contributed by atoms with Gasteiger partial charge in [0.05, 0.1) is 19.9 Å². The third kappa shape index (κ3) is 5.68. The molecule has 0 bridgehead atoms. The summed E-state index contributed by atoms with van der Waals surface area (Å²) in [6, 6.07) is 22.1. The topological polar surface area (TPSA) is 33.7 Å². The molecule has 1 N–H and O–H groups in total. The number of rotatable bonds is 7. The van der Waals surface area contributed by atoms with Crippen LogP contribution >= 0.6 is 12.2 Å². The highest BCUT2D eigenvalue weighted by atomic mass is 32.1. The molecule has 0 saturated carbocycles. The molecule has 0 heterocycles. The SMILES string of the molecule is COc1ccc(CN(Cc2ccc(OC)cc2)C(=S)Nc2ccccc2F)cc1. The van der Waals surface area contributed by atoms with Gasteiger partial charge in [-0.1, -0.05) is 36.4 Å². The maximum Gasteiger partial charge on any atom is 0.174 e. The Kier molecular flexibility index (Phi) is 7.03. The number of halogens is 1. The quantitative estimate of drug-likeness (QED) is 0.539. The van der Waals surface area contributed by atoms with Gasteiger partial charge in [-0.2, -0.15) is 0 Å². The van der Waals surface area contributed by atoms with E-state index < -0.39 is 0 Å². The molecule has 3 aromatic carbocycles. The monoisotopic (exact) mass is 410 g/mol. The second-order valence-electron chi connectivity index (χ2n) is 6.46. The Hall–Kier alpha value is -3.12. The molecule has 29 heavy (non-hydrogen) atoms. The van der Waals surface area contributed by atoms with E-state index in [1.807, 2.05) is 53.4 Å². The first-order valence-electron chi connectivity index (χ1n) is 9.15. The Morgan fingerprint density at radius 1 is 0.828 bits per heavy atom. The van der Waals surface area contributed by atoms with Gasteiger partial charge < -0.3 is 19.7 Å². The Labute approximate surface area is 175 Å². The van der Waals surface area contributed by atoms with Crippen molar-refractivity contribution in [3.05, 3.63) is 89.7 Å². The molecule has 0 aliphatic carbocycles. The van der Waals surface area contributed by atoms with Gasteiger partial charge in [0, 0.05) is 13.1 Å². The zero-order chi connectivity index (χ0) is 20.6. The van der Waals surface area contributed by atoms with E-state index in [0.29, 0.717) is 23.9 Å². The molecular formula is C23H23FN2O2S. The van der Waals surface area contributed by atoms with Gasteiger partial charge in [-0.15, -0.1) is 0 Å². The first kappa shape index (κ1) is 20.6. The molecule has 0 fully saturated rings. The molecule has 0 spiro atoms. The molecule has 0 amide bonds. The average molecular weight is 411 g/mol. The fourth-order valence-corrected chi connectivity index (χ4v) is 3.10. The molecule has 0 saturated heterocycles. The lowest BCUT2D eigenvalue weighted by molar-refractivity contribution is 0.404. The van der Waals surface area contributed by atoms with E-state index in [-0.39, 0.29) is 5.82 Å². The fourth-order valence-electron chi connectivity index (χ4n) is 2.86. The van der Waals surface area contributed by atoms with E-state index >= 15 is 0 Å². The number of nitrogens with one attached hydrogen (secondary N) is 1. The smallest absolute Gasteiger partial charge is 0.174 e. The summed E-state index contributed by atoms with van der Waals surface area (Å²) in [7, 11) is 3.27. The molecule has 6 heteroatoms. The number of nitrogens with zero attached hydrogens (tertiary/aromatic N) is 1. The number of ether oxygens (including phenoxy) is 2. The first-order chi connectivity index (χ1) is 14.1. The van der Waals surface area contributed by atoms with Crippen molar-refractivity contribution in [3.8, 4) is 11.5 Å². The highest BCUT2D eigenvalue weighted by Crippen LogP contribution is 2.19. The molecular weight excluding hydrogens is 387 g/mol. The van der Waals surface area contributed by atoms with Gasteiger partial charge in [-0.25, -0.2) is 4.39 Å². The summed E-state index contributed by atoms with van der Waals surface area (Å²) >= 11 is 5.61. The second-order valence-corrected chi connectivity index (χ2v) is 6.85. The largest absolute Gasteiger partial charge is 0.497 e. The van der Waals surface area contributed by atoms with Crippen LogP contribution in [-0.2, 0) is 13.1 Å². The summed E-state index contributed by atoms with van der Waals surface area (Å²) in [6.07, 6.45) is 0. The summed E-state index contributed by atoms with van der Waals surface area (Å²) in [5.41, 5.74) is 2.49. The Morgan fingerprint density at radius 3 is 1.76 bits per heavy atom. The van der Waals surface area contributed by atoms with Crippen LogP contribution in [-0.4, -0.2) is 24.2 Å². The summed E-state index contributed by atoms with van der Waals surface area (Å²) in [6.45, 7) is 1.13. The van der Waals surface area contributed by atoms with Crippen LogP contribution in [0.25, 0.3) is 0 Å². The molecule has 3 rings (SSSR count). The minimum absolute atomic E-state index is 0.344. The van der Waals surface area contributed by atoms with Gasteiger partial charge in [0.1, 0.15) is 17.3 Å². The number of hydrogen-bond donors (Lipinski definition) is 1. The van der Waals surface area contributed by atoms with E-state index in [4.69, 9.17) is 21.7 Å². The van der Waals surface area contributed by atoms with Crippen molar-refractivity contribution >= 4 is 23.0 Å². The van der Waals surface area contributed by atoms with Gasteiger partial charge in [-0.05, 0) is 59.7 Å². The van der Waals surface area contributed by atoms with E-state index in [1.54, 1.807) is 32.4 Å². The fraction of sp³-hybridized carbons (Fsp3) is 0.174. The molecule has 0 atom stereocenters. The van der Waals surface area contributed by atoms with Crippen LogP contribution in [0.15, 0.2) is 72.8 Å². The normalized spacial score (nSPS) is 10.3. The zero-order valence-electron chi connectivity index (χ0n) is 16.4. The van der Waals surface area contributed by atoms with Crippen molar-refractivity contribution in [2.75, 3.05) is 19.5 Å². The second kappa shape index (κ2) is 9.89. The van der Waals surface area contributed by atoms with Gasteiger partial charge >= 0.3 is 0 Å². The van der Waals surface area contributed by atoms with Crippen LogP contribution in [0.1, 0.15) is 11.1 Å². The predicted molar refractivity (Wildman–Crippen MR) is 118 cm³/mol. The summed E-state index contributed by atoms with van der Waals surface area (Å²) in [5, 5.41) is 3.47. The van der Waals surface area contributed by atoms with E-state index in [9.17, 15) is 4.39 Å². The maximum absolute atomic E-state index is 14.1. The number of hydrogen-bond acceptors (Lipinski definition) is 3. The third-order valence-corrected chi connectivity index (χ3v) is 4.83. The molecule has 4 nitrogen and oxygen atoms in total. The molecule has 0 aromatic heterocycles. The molecule has 0 aliphatic rings. The lowest BCUT2D eigenvalue weighted by atomic mass is 10.1. The van der Waals surface area contributed by atoms with Crippen molar-refractivity contribution < 1.29 is 13.9 Å². The van der Waals surface area contributed by atoms with Crippen molar-refractivity contribution in [2.45, 2.75) is 13.1 Å². The number of thiocarbonyl (C=S) groups is 1. The highest BCUT2D eigenvalue weighted by molar-refractivity contribution is 7.80. The van der Waals surface area contributed by atoms with E-state index in [2.05, 4.69) is 5.32 Å². The van der Waals surface area contributed by atoms with Crippen molar-refractivity contribution in [1.82, 2.24) is 4.90 Å². The van der Waals surface area contributed by atoms with E-state index in [1.165, 1.54) is 6.07 Å². The number of para-hydroxylation sites is 1. The van der Waals surface area contributed by atoms with Crippen LogP contribution in [0, 0.1) is 5.82 Å². The molecule has 3 aromatic rings. The zero-order valence-corrected chi connectivity index (χ0v) is 17.2. The van der Waals surface area contributed by atoms with Gasteiger partial charge in [0.15, 0.2) is 5.11 Å². The van der Waals surface area contributed by atoms with Crippen LogP contribution in [0.3, 0.4) is 0 Å². The lowest BCUT2D eigenvalue weighted by Gasteiger charge is -2.26. The van der Waals surface area contributed by atoms with Gasteiger partial charge in [0.2, 0.25) is 0 Å². The summed E-state index contributed by atoms with van der Waals surface area (Å²) < 4.78 is 24.5. The minimum Gasteiger partial charge on any atom is -0.497 e. The Morgan fingerprint density at radius 2 is 1.31 bits per heavy atom. The highest BCUT2D eigenvalue weighted by Gasteiger charge is 2.13. The molecule has 0 unspecified atom stereocenters. The number of benzene rings is 3. The minimum atomic E-state index is -0.344. The van der Waals surface area contributed by atoms with Crippen LogP contribution < -0.4 is 14.8 Å². The van der Waals surface area contributed by atoms with Crippen molar-refractivity contribution in [1.29, 1.82) is 0 Å². The van der Waals surface area contributed by atoms with Crippen LogP contribution in [0.5, 0.6) is 11.5 Å². The predicted octanol–water partition coefficient (Wildman–Crippen LogP) is 5.24. The summed E-state index contributed by atoms with van der Waals surface area (Å²) in [5.74, 6) is 1.24. The molecule has 0 aliphatic heterocycles. The summed E-state index contributed by atoms with van der Waals surface area (Å²) in [4.78, 5) is 1.99. The van der Waals surface area contributed by atoms with Gasteiger partial charge in [0.25, 0.3) is 0 Å². The average Bonchev–Trinajstić information content (AvgIpc) is 2.76. The van der Waals surface area contributed by atoms with E-state index in [0.717, 1.165) is 22.6 Å². The van der Waals surface area contributed by atoms with Crippen molar-refractivity contribution in [2.24, 2.45) is 0 Å². The van der Waals surface area contributed by atoms with Crippen molar-refractivity contribution in [3.63, 3.8) is 0 Å². The third-order valence-electron chi connectivity index (χ3n) is 4.47. The van der Waals surface area contributed by atoms with Crippen LogP contribution in [0.4, 0.5) is 10.1 Å².